The van der Waals surface area contributed by atoms with Gasteiger partial charge in [-0.05, 0) is 5.92 Å². The van der Waals surface area contributed by atoms with Crippen LogP contribution in [-0.2, 0) is 14.8 Å². The molecule has 0 bridgehead atoms. The van der Waals surface area contributed by atoms with Crippen LogP contribution in [0.15, 0.2) is 47.6 Å². The Balaban J connectivity index is 2.26. The van der Waals surface area contributed by atoms with E-state index in [2.05, 4.69) is 14.7 Å². The molecule has 0 radical (unpaired) electrons. The molecule has 0 aliphatic carbocycles. The highest BCUT2D eigenvalue weighted by molar-refractivity contribution is 7.89. The predicted octanol–water partition coefficient (Wildman–Crippen LogP) is 1.53. The zero-order valence-corrected chi connectivity index (χ0v) is 13.5. The van der Waals surface area contributed by atoms with Crippen LogP contribution in [0.3, 0.4) is 0 Å². The molecule has 1 heterocycles. The number of carboxylic acid groups (broad SMARTS) is 1. The highest BCUT2D eigenvalue weighted by atomic mass is 32.2. The summed E-state index contributed by atoms with van der Waals surface area (Å²) < 4.78 is 26.7. The van der Waals surface area contributed by atoms with Gasteiger partial charge in [0.15, 0.2) is 5.82 Å². The molecule has 2 rings (SSSR count). The molecule has 2 N–H and O–H groups in total. The minimum Gasteiger partial charge on any atom is -0.480 e. The van der Waals surface area contributed by atoms with Gasteiger partial charge in [-0.3, -0.25) is 4.79 Å². The zero-order valence-electron chi connectivity index (χ0n) is 12.7. The molecule has 1 aromatic carbocycles. The largest absolute Gasteiger partial charge is 0.480 e. The van der Waals surface area contributed by atoms with Crippen LogP contribution >= 0.6 is 0 Å². The van der Waals surface area contributed by atoms with Crippen molar-refractivity contribution in [2.24, 2.45) is 5.92 Å². The van der Waals surface area contributed by atoms with Gasteiger partial charge in [-0.15, -0.1) is 0 Å². The maximum atomic E-state index is 12.2. The first-order valence-corrected chi connectivity index (χ1v) is 8.42. The van der Waals surface area contributed by atoms with E-state index in [1.54, 1.807) is 26.0 Å². The summed E-state index contributed by atoms with van der Waals surface area (Å²) in [5, 5.41) is 9.09. The van der Waals surface area contributed by atoms with Crippen molar-refractivity contribution in [3.8, 4) is 11.4 Å². The number of nitrogens with one attached hydrogen (secondary N) is 1. The summed E-state index contributed by atoms with van der Waals surface area (Å²) in [4.78, 5) is 19.0. The van der Waals surface area contributed by atoms with Crippen molar-refractivity contribution in [2.45, 2.75) is 24.8 Å². The molecule has 0 spiro atoms. The molecule has 1 atom stereocenters. The number of hydrogen-bond acceptors (Lipinski definition) is 5. The molecule has 122 valence electrons. The second-order valence-electron chi connectivity index (χ2n) is 5.29. The van der Waals surface area contributed by atoms with E-state index in [1.807, 2.05) is 18.2 Å². The first-order valence-electron chi connectivity index (χ1n) is 6.94. The summed E-state index contributed by atoms with van der Waals surface area (Å²) in [6.45, 7) is 3.24. The average Bonchev–Trinajstić information content (AvgIpc) is 2.53. The Bertz CT molecular complexity index is 774. The zero-order chi connectivity index (χ0) is 17.0. The van der Waals surface area contributed by atoms with E-state index in [9.17, 15) is 13.2 Å². The SMILES string of the molecule is CC(C)C(NS(=O)(=O)c1cnc(-c2ccccc2)nc1)C(=O)O. The molecule has 2 aromatic rings. The summed E-state index contributed by atoms with van der Waals surface area (Å²) in [5.74, 6) is -1.24. The molecule has 7 nitrogen and oxygen atoms in total. The average molecular weight is 335 g/mol. The molecule has 0 aliphatic heterocycles. The fraction of sp³-hybridized carbons (Fsp3) is 0.267. The van der Waals surface area contributed by atoms with Crippen LogP contribution in [-0.4, -0.2) is 35.5 Å². The third-order valence-electron chi connectivity index (χ3n) is 3.19. The van der Waals surface area contributed by atoms with Crippen molar-refractivity contribution >= 4 is 16.0 Å². The van der Waals surface area contributed by atoms with Gasteiger partial charge < -0.3 is 5.11 Å². The van der Waals surface area contributed by atoms with Gasteiger partial charge in [0, 0.05) is 5.56 Å². The van der Waals surface area contributed by atoms with Gasteiger partial charge in [0.05, 0.1) is 12.4 Å². The highest BCUT2D eigenvalue weighted by Crippen LogP contribution is 2.16. The Labute approximate surface area is 134 Å². The number of carboxylic acids is 1. The lowest BCUT2D eigenvalue weighted by Crippen LogP contribution is -2.44. The van der Waals surface area contributed by atoms with E-state index < -0.39 is 28.0 Å². The standard InChI is InChI=1S/C15H17N3O4S/c1-10(2)13(15(19)20)18-23(21,22)12-8-16-14(17-9-12)11-6-4-3-5-7-11/h3-10,13,18H,1-2H3,(H,19,20). The van der Waals surface area contributed by atoms with Gasteiger partial charge >= 0.3 is 5.97 Å². The van der Waals surface area contributed by atoms with Gasteiger partial charge in [-0.1, -0.05) is 44.2 Å². The molecule has 0 fully saturated rings. The first kappa shape index (κ1) is 17.0. The Hall–Kier alpha value is -2.32. The maximum Gasteiger partial charge on any atom is 0.322 e. The Morgan fingerprint density at radius 1 is 1.13 bits per heavy atom. The monoisotopic (exact) mass is 335 g/mol. The van der Waals surface area contributed by atoms with Crippen LogP contribution in [0.25, 0.3) is 11.4 Å². The van der Waals surface area contributed by atoms with Gasteiger partial charge in [0.2, 0.25) is 10.0 Å². The first-order chi connectivity index (χ1) is 10.8. The molecule has 8 heteroatoms. The minimum absolute atomic E-state index is 0.177. The fourth-order valence-electron chi connectivity index (χ4n) is 1.90. The third-order valence-corrected chi connectivity index (χ3v) is 4.58. The van der Waals surface area contributed by atoms with Crippen LogP contribution in [0.1, 0.15) is 13.8 Å². The van der Waals surface area contributed by atoms with Crippen molar-refractivity contribution in [3.05, 3.63) is 42.7 Å². The van der Waals surface area contributed by atoms with E-state index in [-0.39, 0.29) is 4.90 Å². The summed E-state index contributed by atoms with van der Waals surface area (Å²) in [5.41, 5.74) is 0.759. The summed E-state index contributed by atoms with van der Waals surface area (Å²) in [6.07, 6.45) is 2.33. The number of benzene rings is 1. The second kappa shape index (κ2) is 6.84. The fourth-order valence-corrected chi connectivity index (χ4v) is 3.12. The summed E-state index contributed by atoms with van der Waals surface area (Å²) >= 11 is 0. The molecular formula is C15H17N3O4S. The van der Waals surface area contributed by atoms with E-state index in [0.29, 0.717) is 5.82 Å². The molecule has 1 unspecified atom stereocenters. The normalized spacial score (nSPS) is 13.0. The third kappa shape index (κ3) is 4.11. The smallest absolute Gasteiger partial charge is 0.322 e. The van der Waals surface area contributed by atoms with Gasteiger partial charge in [0.1, 0.15) is 10.9 Å². The van der Waals surface area contributed by atoms with Crippen LogP contribution in [0, 0.1) is 5.92 Å². The molecule has 0 saturated heterocycles. The van der Waals surface area contributed by atoms with Crippen molar-refractivity contribution in [2.75, 3.05) is 0 Å². The van der Waals surface area contributed by atoms with Crippen molar-refractivity contribution in [3.63, 3.8) is 0 Å². The number of aromatic nitrogens is 2. The molecule has 1 aromatic heterocycles. The lowest BCUT2D eigenvalue weighted by molar-refractivity contribution is -0.140. The molecule has 0 amide bonds. The minimum atomic E-state index is -4.00. The van der Waals surface area contributed by atoms with Gasteiger partial charge in [-0.2, -0.15) is 4.72 Å². The van der Waals surface area contributed by atoms with Crippen LogP contribution in [0.4, 0.5) is 0 Å². The van der Waals surface area contributed by atoms with E-state index in [0.717, 1.165) is 18.0 Å². The Kier molecular flexibility index (Phi) is 5.07. The van der Waals surface area contributed by atoms with E-state index >= 15 is 0 Å². The number of aliphatic carboxylic acids is 1. The lowest BCUT2D eigenvalue weighted by atomic mass is 10.1. The van der Waals surface area contributed by atoms with Gasteiger partial charge in [0.25, 0.3) is 0 Å². The quantitative estimate of drug-likeness (QED) is 0.828. The number of sulfonamides is 1. The molecule has 0 saturated carbocycles. The topological polar surface area (TPSA) is 109 Å². The van der Waals surface area contributed by atoms with Gasteiger partial charge in [-0.25, -0.2) is 18.4 Å². The van der Waals surface area contributed by atoms with Crippen molar-refractivity contribution in [1.29, 1.82) is 0 Å². The number of hydrogen-bond donors (Lipinski definition) is 2. The van der Waals surface area contributed by atoms with Crippen LogP contribution < -0.4 is 4.72 Å². The summed E-state index contributed by atoms with van der Waals surface area (Å²) in [7, 11) is -4.00. The lowest BCUT2D eigenvalue weighted by Gasteiger charge is -2.17. The number of rotatable bonds is 6. The van der Waals surface area contributed by atoms with E-state index in [1.165, 1.54) is 0 Å². The Morgan fingerprint density at radius 3 is 2.17 bits per heavy atom. The number of nitrogens with zero attached hydrogens (tertiary/aromatic N) is 2. The second-order valence-corrected chi connectivity index (χ2v) is 7.00. The van der Waals surface area contributed by atoms with E-state index in [4.69, 9.17) is 5.11 Å². The predicted molar refractivity (Wildman–Crippen MR) is 84.1 cm³/mol. The van der Waals surface area contributed by atoms with Crippen LogP contribution in [0.2, 0.25) is 0 Å². The van der Waals surface area contributed by atoms with Crippen LogP contribution in [0.5, 0.6) is 0 Å². The summed E-state index contributed by atoms with van der Waals surface area (Å²) in [6, 6.07) is 7.90. The maximum absolute atomic E-state index is 12.2. The molecule has 0 aliphatic rings. The van der Waals surface area contributed by atoms with Crippen molar-refractivity contribution in [1.82, 2.24) is 14.7 Å². The highest BCUT2D eigenvalue weighted by Gasteiger charge is 2.28. The molecule has 23 heavy (non-hydrogen) atoms. The Morgan fingerprint density at radius 2 is 1.70 bits per heavy atom. The van der Waals surface area contributed by atoms with Crippen molar-refractivity contribution < 1.29 is 18.3 Å². The number of carbonyl (C=O) groups is 1. The molecular weight excluding hydrogens is 318 g/mol.